The third-order valence-electron chi connectivity index (χ3n) is 6.46. The van der Waals surface area contributed by atoms with Crippen LogP contribution >= 0.6 is 0 Å². The summed E-state index contributed by atoms with van der Waals surface area (Å²) < 4.78 is 10.8. The van der Waals surface area contributed by atoms with Gasteiger partial charge >= 0.3 is 5.97 Å². The van der Waals surface area contributed by atoms with Gasteiger partial charge in [-0.05, 0) is 73.4 Å². The van der Waals surface area contributed by atoms with Crippen molar-refractivity contribution in [2.24, 2.45) is 0 Å². The van der Waals surface area contributed by atoms with E-state index >= 15 is 0 Å². The number of nitrogens with zero attached hydrogens (tertiary/aromatic N) is 2. The SMILES string of the molecule is COc1ccc(C(C)(C)C)cc1/C(O)=C1\C(=O)C(=O)N(c2ccc(C(=O)OC(C)C)cc2)C1c1ccccn1. The van der Waals surface area contributed by atoms with Crippen LogP contribution in [0.3, 0.4) is 0 Å². The molecule has 8 nitrogen and oxygen atoms in total. The number of amides is 1. The molecule has 1 unspecified atom stereocenters. The highest BCUT2D eigenvalue weighted by Gasteiger charge is 2.48. The van der Waals surface area contributed by atoms with Crippen LogP contribution in [0, 0.1) is 0 Å². The molecule has 1 N–H and O–H groups in total. The number of pyridine rings is 1. The van der Waals surface area contributed by atoms with E-state index in [1.54, 1.807) is 62.5 Å². The van der Waals surface area contributed by atoms with Crippen molar-refractivity contribution in [1.82, 2.24) is 4.98 Å². The van der Waals surface area contributed by atoms with E-state index < -0.39 is 23.7 Å². The van der Waals surface area contributed by atoms with Crippen LogP contribution in [-0.2, 0) is 19.7 Å². The Labute approximate surface area is 227 Å². The number of esters is 1. The molecule has 202 valence electrons. The first-order valence-electron chi connectivity index (χ1n) is 12.7. The molecule has 4 rings (SSSR count). The third kappa shape index (κ3) is 5.41. The lowest BCUT2D eigenvalue weighted by molar-refractivity contribution is -0.132. The van der Waals surface area contributed by atoms with Crippen molar-refractivity contribution in [2.45, 2.75) is 52.2 Å². The molecular formula is C31H32N2O6. The maximum Gasteiger partial charge on any atom is 0.338 e. The summed E-state index contributed by atoms with van der Waals surface area (Å²) in [6, 6.07) is 15.7. The number of hydrogen-bond donors (Lipinski definition) is 1. The zero-order valence-corrected chi connectivity index (χ0v) is 22.9. The molecule has 3 aromatic rings. The second-order valence-corrected chi connectivity index (χ2v) is 10.6. The quantitative estimate of drug-likeness (QED) is 0.193. The fourth-order valence-corrected chi connectivity index (χ4v) is 4.46. The van der Waals surface area contributed by atoms with E-state index in [1.807, 2.05) is 26.8 Å². The van der Waals surface area contributed by atoms with Gasteiger partial charge in [0.05, 0.1) is 35.6 Å². The Morgan fingerprint density at radius 2 is 1.72 bits per heavy atom. The number of Topliss-reactive ketones (excluding diaryl/α,β-unsaturated/α-hetero) is 1. The number of rotatable bonds is 6. The largest absolute Gasteiger partial charge is 0.507 e. The molecular weight excluding hydrogens is 496 g/mol. The van der Waals surface area contributed by atoms with Gasteiger partial charge in [0.25, 0.3) is 11.7 Å². The van der Waals surface area contributed by atoms with Gasteiger partial charge in [-0.2, -0.15) is 0 Å². The number of carbonyl (C=O) groups is 3. The number of methoxy groups -OCH3 is 1. The van der Waals surface area contributed by atoms with Gasteiger partial charge in [-0.3, -0.25) is 19.5 Å². The maximum atomic E-state index is 13.5. The topological polar surface area (TPSA) is 106 Å². The summed E-state index contributed by atoms with van der Waals surface area (Å²) in [4.78, 5) is 45.0. The highest BCUT2D eigenvalue weighted by atomic mass is 16.5. The van der Waals surface area contributed by atoms with Gasteiger partial charge in [-0.25, -0.2) is 4.79 Å². The van der Waals surface area contributed by atoms with Gasteiger partial charge in [0, 0.05) is 11.9 Å². The van der Waals surface area contributed by atoms with Gasteiger partial charge in [0.1, 0.15) is 17.6 Å². The molecule has 1 saturated heterocycles. The van der Waals surface area contributed by atoms with E-state index in [2.05, 4.69) is 4.98 Å². The van der Waals surface area contributed by atoms with Crippen LogP contribution in [0.15, 0.2) is 72.4 Å². The minimum Gasteiger partial charge on any atom is -0.507 e. The monoisotopic (exact) mass is 528 g/mol. The zero-order chi connectivity index (χ0) is 28.5. The molecule has 39 heavy (non-hydrogen) atoms. The van der Waals surface area contributed by atoms with E-state index in [4.69, 9.17) is 9.47 Å². The smallest absolute Gasteiger partial charge is 0.338 e. The first-order chi connectivity index (χ1) is 18.4. The second kappa shape index (κ2) is 10.7. The van der Waals surface area contributed by atoms with Crippen LogP contribution in [0.1, 0.15) is 67.8 Å². The number of aliphatic hydroxyl groups excluding tert-OH is 1. The lowest BCUT2D eigenvalue weighted by Crippen LogP contribution is -2.29. The van der Waals surface area contributed by atoms with Crippen LogP contribution in [0.4, 0.5) is 5.69 Å². The molecule has 1 amide bonds. The predicted octanol–water partition coefficient (Wildman–Crippen LogP) is 5.58. The number of aliphatic hydroxyl groups is 1. The molecule has 1 atom stereocenters. The van der Waals surface area contributed by atoms with Crippen LogP contribution in [-0.4, -0.2) is 41.0 Å². The van der Waals surface area contributed by atoms with Gasteiger partial charge < -0.3 is 14.6 Å². The average Bonchev–Trinajstić information content (AvgIpc) is 3.17. The predicted molar refractivity (Wildman–Crippen MR) is 148 cm³/mol. The fourth-order valence-electron chi connectivity index (χ4n) is 4.46. The molecule has 1 aromatic heterocycles. The number of ether oxygens (including phenoxy) is 2. The number of hydrogen-bond acceptors (Lipinski definition) is 7. The molecule has 1 fully saturated rings. The Morgan fingerprint density at radius 3 is 2.28 bits per heavy atom. The molecule has 1 aliphatic heterocycles. The van der Waals surface area contributed by atoms with Gasteiger partial charge in [-0.1, -0.05) is 32.9 Å². The summed E-state index contributed by atoms with van der Waals surface area (Å²) in [5.74, 6) is -2.16. The van der Waals surface area contributed by atoms with Crippen LogP contribution in [0.2, 0.25) is 0 Å². The molecule has 0 spiro atoms. The Morgan fingerprint density at radius 1 is 1.03 bits per heavy atom. The fraction of sp³-hybridized carbons (Fsp3) is 0.290. The first kappa shape index (κ1) is 27.6. The summed E-state index contributed by atoms with van der Waals surface area (Å²) in [5.41, 5.74) is 1.93. The van der Waals surface area contributed by atoms with Crippen molar-refractivity contribution in [3.05, 3.63) is 94.8 Å². The molecule has 2 aromatic carbocycles. The van der Waals surface area contributed by atoms with Crippen molar-refractivity contribution in [2.75, 3.05) is 12.0 Å². The Bertz CT molecular complexity index is 1440. The van der Waals surface area contributed by atoms with Crippen molar-refractivity contribution in [1.29, 1.82) is 0 Å². The van der Waals surface area contributed by atoms with E-state index in [0.717, 1.165) is 5.56 Å². The van der Waals surface area contributed by atoms with E-state index in [9.17, 15) is 19.5 Å². The number of aromatic nitrogens is 1. The maximum absolute atomic E-state index is 13.5. The van der Waals surface area contributed by atoms with E-state index in [1.165, 1.54) is 24.1 Å². The Kier molecular flexibility index (Phi) is 7.58. The third-order valence-corrected chi connectivity index (χ3v) is 6.46. The highest BCUT2D eigenvalue weighted by molar-refractivity contribution is 6.51. The molecule has 0 radical (unpaired) electrons. The number of ketones is 1. The van der Waals surface area contributed by atoms with Crippen LogP contribution in [0.25, 0.3) is 5.76 Å². The van der Waals surface area contributed by atoms with Crippen LogP contribution < -0.4 is 9.64 Å². The first-order valence-corrected chi connectivity index (χ1v) is 12.7. The van der Waals surface area contributed by atoms with Crippen molar-refractivity contribution >= 4 is 29.1 Å². The highest BCUT2D eigenvalue weighted by Crippen LogP contribution is 2.43. The molecule has 1 aliphatic rings. The molecule has 0 saturated carbocycles. The Hall–Kier alpha value is -4.46. The molecule has 8 heteroatoms. The summed E-state index contributed by atoms with van der Waals surface area (Å²) in [6.07, 6.45) is 1.27. The van der Waals surface area contributed by atoms with Gasteiger partial charge in [0.15, 0.2) is 0 Å². The summed E-state index contributed by atoms with van der Waals surface area (Å²) >= 11 is 0. The Balaban J connectivity index is 1.89. The number of anilines is 1. The lowest BCUT2D eigenvalue weighted by Gasteiger charge is -2.25. The lowest BCUT2D eigenvalue weighted by atomic mass is 9.85. The summed E-state index contributed by atoms with van der Waals surface area (Å²) in [6.45, 7) is 9.61. The minimum absolute atomic E-state index is 0.105. The van der Waals surface area contributed by atoms with Gasteiger partial charge in [-0.15, -0.1) is 0 Å². The minimum atomic E-state index is -1.01. The second-order valence-electron chi connectivity index (χ2n) is 10.6. The van der Waals surface area contributed by atoms with Gasteiger partial charge in [0.2, 0.25) is 0 Å². The van der Waals surface area contributed by atoms with Crippen molar-refractivity contribution in [3.8, 4) is 5.75 Å². The summed E-state index contributed by atoms with van der Waals surface area (Å²) in [5, 5.41) is 11.6. The van der Waals surface area contributed by atoms with Crippen LogP contribution in [0.5, 0.6) is 5.75 Å². The summed E-state index contributed by atoms with van der Waals surface area (Å²) in [7, 11) is 1.48. The number of benzene rings is 2. The number of carbonyl (C=O) groups excluding carboxylic acids is 3. The van der Waals surface area contributed by atoms with E-state index in [-0.39, 0.29) is 22.9 Å². The standard InChI is InChI=1S/C31H32N2O6/c1-18(2)39-30(37)19-10-13-21(14-11-19)33-26(23-9-7-8-16-32-23)25(28(35)29(33)36)27(34)22-17-20(31(3,4)5)12-15-24(22)38-6/h7-18,26,34H,1-6H3/b27-25+. The van der Waals surface area contributed by atoms with E-state index in [0.29, 0.717) is 28.3 Å². The van der Waals surface area contributed by atoms with Crippen molar-refractivity contribution < 1.29 is 29.0 Å². The normalized spacial score (nSPS) is 17.0. The molecule has 0 aliphatic carbocycles. The molecule has 2 heterocycles. The molecule has 0 bridgehead atoms. The van der Waals surface area contributed by atoms with Crippen molar-refractivity contribution in [3.63, 3.8) is 0 Å². The average molecular weight is 529 g/mol. The zero-order valence-electron chi connectivity index (χ0n) is 22.9.